The van der Waals surface area contributed by atoms with E-state index in [4.69, 9.17) is 10.5 Å². The summed E-state index contributed by atoms with van der Waals surface area (Å²) >= 11 is 3.48. The molecule has 0 saturated heterocycles. The SMILES string of the molecule is CC(CN)S(=O)Cc1cc(Br)cc2c1OCC2. The number of halogens is 1. The zero-order valence-electron chi connectivity index (χ0n) is 9.74. The number of hydrogen-bond acceptors (Lipinski definition) is 3. The van der Waals surface area contributed by atoms with Gasteiger partial charge in [0, 0.05) is 39.1 Å². The van der Waals surface area contributed by atoms with Crippen molar-refractivity contribution in [3.63, 3.8) is 0 Å². The molecule has 0 fully saturated rings. The molecule has 94 valence electrons. The lowest BCUT2D eigenvalue weighted by Gasteiger charge is -2.12. The smallest absolute Gasteiger partial charge is 0.126 e. The number of rotatable bonds is 4. The van der Waals surface area contributed by atoms with E-state index in [-0.39, 0.29) is 5.25 Å². The molecular weight excluding hydrogens is 302 g/mol. The first-order valence-corrected chi connectivity index (χ1v) is 7.80. The minimum atomic E-state index is -0.942. The van der Waals surface area contributed by atoms with E-state index in [1.165, 1.54) is 5.56 Å². The van der Waals surface area contributed by atoms with Gasteiger partial charge in [0.05, 0.1) is 12.4 Å². The molecule has 1 aromatic carbocycles. The Labute approximate surface area is 112 Å². The Morgan fingerprint density at radius 2 is 2.35 bits per heavy atom. The molecule has 0 spiro atoms. The second-order valence-electron chi connectivity index (χ2n) is 4.22. The second-order valence-corrected chi connectivity index (χ2v) is 6.99. The lowest BCUT2D eigenvalue weighted by Crippen LogP contribution is -2.22. The van der Waals surface area contributed by atoms with E-state index in [0.29, 0.717) is 12.3 Å². The van der Waals surface area contributed by atoms with Gasteiger partial charge in [-0.2, -0.15) is 0 Å². The van der Waals surface area contributed by atoms with E-state index in [0.717, 1.165) is 28.8 Å². The normalized spacial score (nSPS) is 17.4. The van der Waals surface area contributed by atoms with Crippen LogP contribution in [0.2, 0.25) is 0 Å². The standard InChI is InChI=1S/C12H16BrNO2S/c1-8(6-14)17(15)7-10-5-11(13)4-9-2-3-16-12(9)10/h4-5,8H,2-3,6-7,14H2,1H3. The van der Waals surface area contributed by atoms with Crippen molar-refractivity contribution in [3.8, 4) is 5.75 Å². The van der Waals surface area contributed by atoms with Crippen LogP contribution in [0.1, 0.15) is 18.1 Å². The van der Waals surface area contributed by atoms with Crippen LogP contribution in [0.5, 0.6) is 5.75 Å². The van der Waals surface area contributed by atoms with Gasteiger partial charge in [-0.05, 0) is 24.6 Å². The molecule has 1 heterocycles. The Bertz CT molecular complexity index is 450. The first-order chi connectivity index (χ1) is 8.11. The van der Waals surface area contributed by atoms with E-state index in [2.05, 4.69) is 22.0 Å². The van der Waals surface area contributed by atoms with Crippen molar-refractivity contribution in [2.24, 2.45) is 5.73 Å². The summed E-state index contributed by atoms with van der Waals surface area (Å²) in [5, 5.41) is 0.0195. The molecule has 2 unspecified atom stereocenters. The molecule has 0 bridgehead atoms. The fraction of sp³-hybridized carbons (Fsp3) is 0.500. The van der Waals surface area contributed by atoms with Crippen molar-refractivity contribution < 1.29 is 8.95 Å². The highest BCUT2D eigenvalue weighted by atomic mass is 79.9. The van der Waals surface area contributed by atoms with Gasteiger partial charge in [0.2, 0.25) is 0 Å². The van der Waals surface area contributed by atoms with Crippen molar-refractivity contribution >= 4 is 26.7 Å². The Morgan fingerprint density at radius 3 is 3.06 bits per heavy atom. The molecule has 1 aliphatic rings. The summed E-state index contributed by atoms with van der Waals surface area (Å²) in [5.74, 6) is 1.44. The van der Waals surface area contributed by atoms with Gasteiger partial charge in [-0.1, -0.05) is 15.9 Å². The van der Waals surface area contributed by atoms with Crippen LogP contribution < -0.4 is 10.5 Å². The van der Waals surface area contributed by atoms with Crippen LogP contribution in [0, 0.1) is 0 Å². The van der Waals surface area contributed by atoms with Crippen LogP contribution in [0.3, 0.4) is 0 Å². The van der Waals surface area contributed by atoms with Gasteiger partial charge < -0.3 is 10.5 Å². The zero-order chi connectivity index (χ0) is 12.4. The molecule has 0 amide bonds. The average Bonchev–Trinajstić information content (AvgIpc) is 2.75. The van der Waals surface area contributed by atoms with Crippen LogP contribution in [-0.4, -0.2) is 22.6 Å². The van der Waals surface area contributed by atoms with Gasteiger partial charge in [0.25, 0.3) is 0 Å². The minimum absolute atomic E-state index is 0.0195. The molecule has 2 rings (SSSR count). The van der Waals surface area contributed by atoms with Crippen LogP contribution >= 0.6 is 15.9 Å². The van der Waals surface area contributed by atoms with Gasteiger partial charge in [-0.3, -0.25) is 4.21 Å². The van der Waals surface area contributed by atoms with E-state index in [1.807, 2.05) is 13.0 Å². The van der Waals surface area contributed by atoms with Gasteiger partial charge >= 0.3 is 0 Å². The van der Waals surface area contributed by atoms with Gasteiger partial charge in [-0.25, -0.2) is 0 Å². The van der Waals surface area contributed by atoms with Crippen LogP contribution in [0.15, 0.2) is 16.6 Å². The summed E-state index contributed by atoms with van der Waals surface area (Å²) in [4.78, 5) is 0. The Kier molecular flexibility index (Phi) is 4.22. The molecule has 1 aromatic rings. The lowest BCUT2D eigenvalue weighted by molar-refractivity contribution is 0.354. The third kappa shape index (κ3) is 2.89. The van der Waals surface area contributed by atoms with Crippen LogP contribution in [0.4, 0.5) is 0 Å². The summed E-state index contributed by atoms with van der Waals surface area (Å²) < 4.78 is 18.6. The third-order valence-electron chi connectivity index (χ3n) is 2.90. The molecule has 17 heavy (non-hydrogen) atoms. The average molecular weight is 318 g/mol. The van der Waals surface area contributed by atoms with Crippen LogP contribution in [0.25, 0.3) is 0 Å². The van der Waals surface area contributed by atoms with Crippen molar-refractivity contribution in [1.29, 1.82) is 0 Å². The van der Waals surface area contributed by atoms with E-state index < -0.39 is 10.8 Å². The van der Waals surface area contributed by atoms with E-state index >= 15 is 0 Å². The minimum Gasteiger partial charge on any atom is -0.493 e. The maximum atomic E-state index is 12.0. The number of benzene rings is 1. The maximum Gasteiger partial charge on any atom is 0.126 e. The second kappa shape index (κ2) is 5.50. The summed E-state index contributed by atoms with van der Waals surface area (Å²) in [6.07, 6.45) is 0.931. The predicted molar refractivity (Wildman–Crippen MR) is 73.7 cm³/mol. The van der Waals surface area contributed by atoms with Crippen molar-refractivity contribution in [2.45, 2.75) is 24.3 Å². The summed E-state index contributed by atoms with van der Waals surface area (Å²) in [7, 11) is -0.942. The molecule has 3 nitrogen and oxygen atoms in total. The molecule has 0 radical (unpaired) electrons. The summed E-state index contributed by atoms with van der Waals surface area (Å²) in [6.45, 7) is 3.08. The number of hydrogen-bond donors (Lipinski definition) is 1. The Morgan fingerprint density at radius 1 is 1.59 bits per heavy atom. The molecule has 5 heteroatoms. The zero-order valence-corrected chi connectivity index (χ0v) is 12.1. The summed E-state index contributed by atoms with van der Waals surface area (Å²) in [5.41, 5.74) is 7.76. The molecule has 2 N–H and O–H groups in total. The highest BCUT2D eigenvalue weighted by Crippen LogP contribution is 2.33. The molecule has 2 atom stereocenters. The maximum absolute atomic E-state index is 12.0. The fourth-order valence-electron chi connectivity index (χ4n) is 1.86. The Balaban J connectivity index is 2.24. The highest BCUT2D eigenvalue weighted by molar-refractivity contribution is 9.10. The first-order valence-electron chi connectivity index (χ1n) is 5.63. The molecule has 0 saturated carbocycles. The summed E-state index contributed by atoms with van der Waals surface area (Å²) in [6, 6.07) is 4.06. The van der Waals surface area contributed by atoms with Crippen LogP contribution in [-0.2, 0) is 23.0 Å². The number of fused-ring (bicyclic) bond motifs is 1. The fourth-order valence-corrected chi connectivity index (χ4v) is 3.43. The highest BCUT2D eigenvalue weighted by Gasteiger charge is 2.20. The largest absolute Gasteiger partial charge is 0.493 e. The molecular formula is C12H16BrNO2S. The van der Waals surface area contributed by atoms with E-state index in [1.54, 1.807) is 0 Å². The van der Waals surface area contributed by atoms with Crippen molar-refractivity contribution in [2.75, 3.05) is 13.2 Å². The number of nitrogens with two attached hydrogens (primary N) is 1. The van der Waals surface area contributed by atoms with Gasteiger partial charge in [-0.15, -0.1) is 0 Å². The first kappa shape index (κ1) is 13.1. The van der Waals surface area contributed by atoms with Crippen molar-refractivity contribution in [1.82, 2.24) is 0 Å². The van der Waals surface area contributed by atoms with Gasteiger partial charge in [0.15, 0.2) is 0 Å². The predicted octanol–water partition coefficient (Wildman–Crippen LogP) is 1.98. The Hall–Kier alpha value is -0.390. The van der Waals surface area contributed by atoms with Crippen molar-refractivity contribution in [3.05, 3.63) is 27.7 Å². The number of ether oxygens (including phenoxy) is 1. The lowest BCUT2D eigenvalue weighted by atomic mass is 10.1. The van der Waals surface area contributed by atoms with Gasteiger partial charge in [0.1, 0.15) is 5.75 Å². The van der Waals surface area contributed by atoms with E-state index in [9.17, 15) is 4.21 Å². The quantitative estimate of drug-likeness (QED) is 0.923. The monoisotopic (exact) mass is 317 g/mol. The molecule has 0 aliphatic carbocycles. The molecule has 0 aromatic heterocycles. The topological polar surface area (TPSA) is 52.3 Å². The third-order valence-corrected chi connectivity index (χ3v) is 5.05. The molecule has 1 aliphatic heterocycles.